The minimum atomic E-state index is 0.498. The van der Waals surface area contributed by atoms with Crippen LogP contribution in [0.15, 0.2) is 24.3 Å². The van der Waals surface area contributed by atoms with E-state index in [1.165, 1.54) is 17.8 Å². The van der Waals surface area contributed by atoms with Gasteiger partial charge in [-0.3, -0.25) is 0 Å². The lowest BCUT2D eigenvalue weighted by Crippen LogP contribution is -2.32. The third-order valence-corrected chi connectivity index (χ3v) is 4.73. The first-order valence-corrected chi connectivity index (χ1v) is 7.10. The zero-order valence-corrected chi connectivity index (χ0v) is 12.3. The van der Waals surface area contributed by atoms with Crippen LogP contribution in [0.4, 0.5) is 0 Å². The average Bonchev–Trinajstić information content (AvgIpc) is 2.90. The maximum atomic E-state index is 4.78. The lowest BCUT2D eigenvalue weighted by molar-refractivity contribution is 0.417. The van der Waals surface area contributed by atoms with E-state index < -0.39 is 0 Å². The summed E-state index contributed by atoms with van der Waals surface area (Å²) in [5, 5.41) is 3.49. The fraction of sp³-hybridized carbons (Fsp3) is 0.562. The van der Waals surface area contributed by atoms with E-state index in [2.05, 4.69) is 62.1 Å². The largest absolute Gasteiger partial charge is 0.331 e. The van der Waals surface area contributed by atoms with Crippen LogP contribution in [0.1, 0.15) is 26.1 Å². The molecular formula is C16H23N3. The van der Waals surface area contributed by atoms with Crippen LogP contribution in [0, 0.1) is 11.3 Å². The Labute approximate surface area is 115 Å². The van der Waals surface area contributed by atoms with Crippen LogP contribution in [0.2, 0.25) is 0 Å². The lowest BCUT2D eigenvalue weighted by Gasteiger charge is -2.17. The van der Waals surface area contributed by atoms with Crippen molar-refractivity contribution in [3.8, 4) is 0 Å². The van der Waals surface area contributed by atoms with Gasteiger partial charge in [0.25, 0.3) is 0 Å². The Balaban J connectivity index is 1.86. The average molecular weight is 257 g/mol. The fourth-order valence-corrected chi connectivity index (χ4v) is 3.21. The van der Waals surface area contributed by atoms with Crippen molar-refractivity contribution >= 4 is 11.0 Å². The number of nitrogens with zero attached hydrogens (tertiary/aromatic N) is 2. The molecule has 3 nitrogen and oxygen atoms in total. The van der Waals surface area contributed by atoms with E-state index in [0.29, 0.717) is 11.5 Å². The van der Waals surface area contributed by atoms with Crippen LogP contribution < -0.4 is 5.32 Å². The number of rotatable bonds is 4. The summed E-state index contributed by atoms with van der Waals surface area (Å²) in [6, 6.07) is 8.90. The molecule has 0 aliphatic heterocycles. The molecule has 0 saturated heterocycles. The molecule has 1 fully saturated rings. The summed E-state index contributed by atoms with van der Waals surface area (Å²) in [6.07, 6.45) is 2.33. The molecule has 0 amide bonds. The van der Waals surface area contributed by atoms with Crippen molar-refractivity contribution in [2.45, 2.75) is 32.7 Å². The molecule has 1 N–H and O–H groups in total. The molecule has 1 heterocycles. The van der Waals surface area contributed by atoms with Gasteiger partial charge in [0.2, 0.25) is 0 Å². The van der Waals surface area contributed by atoms with Crippen molar-refractivity contribution in [2.24, 2.45) is 18.4 Å². The van der Waals surface area contributed by atoms with Gasteiger partial charge in [-0.15, -0.1) is 0 Å². The Morgan fingerprint density at radius 1 is 1.42 bits per heavy atom. The number of aryl methyl sites for hydroxylation is 1. The molecule has 1 aliphatic carbocycles. The molecule has 2 atom stereocenters. The first-order chi connectivity index (χ1) is 9.03. The van der Waals surface area contributed by atoms with Gasteiger partial charge in [0.1, 0.15) is 5.82 Å². The smallest absolute Gasteiger partial charge is 0.111 e. The SMILES string of the molecule is CNC(Cc1nc2ccccc2n1C)C1CC1(C)C. The number of aromatic nitrogens is 2. The minimum absolute atomic E-state index is 0.498. The van der Waals surface area contributed by atoms with Crippen molar-refractivity contribution in [1.29, 1.82) is 0 Å². The number of imidazole rings is 1. The number of hydrogen-bond donors (Lipinski definition) is 1. The summed E-state index contributed by atoms with van der Waals surface area (Å²) in [6.45, 7) is 4.72. The van der Waals surface area contributed by atoms with Gasteiger partial charge < -0.3 is 9.88 Å². The zero-order valence-electron chi connectivity index (χ0n) is 12.3. The van der Waals surface area contributed by atoms with Gasteiger partial charge in [-0.1, -0.05) is 26.0 Å². The van der Waals surface area contributed by atoms with E-state index in [0.717, 1.165) is 17.9 Å². The van der Waals surface area contributed by atoms with E-state index in [4.69, 9.17) is 4.98 Å². The second-order valence-electron chi connectivity index (χ2n) is 6.47. The van der Waals surface area contributed by atoms with Crippen LogP contribution in [0.5, 0.6) is 0 Å². The van der Waals surface area contributed by atoms with Gasteiger partial charge in [-0.2, -0.15) is 0 Å². The molecule has 19 heavy (non-hydrogen) atoms. The minimum Gasteiger partial charge on any atom is -0.331 e. The molecule has 2 aromatic rings. The second-order valence-corrected chi connectivity index (χ2v) is 6.47. The molecular weight excluding hydrogens is 234 g/mol. The second kappa shape index (κ2) is 4.34. The monoisotopic (exact) mass is 257 g/mol. The van der Waals surface area contributed by atoms with Crippen molar-refractivity contribution < 1.29 is 0 Å². The number of nitrogens with one attached hydrogen (secondary N) is 1. The predicted molar refractivity (Wildman–Crippen MR) is 79.2 cm³/mol. The highest BCUT2D eigenvalue weighted by molar-refractivity contribution is 5.75. The maximum absolute atomic E-state index is 4.78. The van der Waals surface area contributed by atoms with E-state index in [9.17, 15) is 0 Å². The molecule has 1 aliphatic rings. The Kier molecular flexibility index (Phi) is 2.90. The molecule has 0 spiro atoms. The molecule has 102 valence electrons. The number of hydrogen-bond acceptors (Lipinski definition) is 2. The molecule has 0 bridgehead atoms. The highest BCUT2D eigenvalue weighted by atomic mass is 15.1. The molecule has 3 rings (SSSR count). The Hall–Kier alpha value is -1.35. The number of likely N-dealkylation sites (N-methyl/N-ethyl adjacent to an activating group) is 1. The molecule has 0 radical (unpaired) electrons. The summed E-state index contributed by atoms with van der Waals surface area (Å²) in [5.41, 5.74) is 2.82. The summed E-state index contributed by atoms with van der Waals surface area (Å²) < 4.78 is 2.23. The van der Waals surface area contributed by atoms with Gasteiger partial charge in [-0.05, 0) is 36.9 Å². The van der Waals surface area contributed by atoms with Crippen molar-refractivity contribution in [3.63, 3.8) is 0 Å². The third-order valence-electron chi connectivity index (χ3n) is 4.73. The molecule has 1 aromatic carbocycles. The fourth-order valence-electron chi connectivity index (χ4n) is 3.21. The van der Waals surface area contributed by atoms with E-state index in [-0.39, 0.29) is 0 Å². The maximum Gasteiger partial charge on any atom is 0.111 e. The molecule has 1 aromatic heterocycles. The number of benzene rings is 1. The quantitative estimate of drug-likeness (QED) is 0.912. The predicted octanol–water partition coefficient (Wildman–Crippen LogP) is 2.75. The third kappa shape index (κ3) is 2.16. The highest BCUT2D eigenvalue weighted by Gasteiger charge is 2.49. The van der Waals surface area contributed by atoms with Crippen LogP contribution in [-0.2, 0) is 13.5 Å². The molecule has 2 unspecified atom stereocenters. The Morgan fingerprint density at radius 2 is 2.11 bits per heavy atom. The summed E-state index contributed by atoms with van der Waals surface area (Å²) in [7, 11) is 4.19. The van der Waals surface area contributed by atoms with E-state index in [1.54, 1.807) is 0 Å². The van der Waals surface area contributed by atoms with Crippen molar-refractivity contribution in [3.05, 3.63) is 30.1 Å². The van der Waals surface area contributed by atoms with Crippen LogP contribution in [0.25, 0.3) is 11.0 Å². The first-order valence-electron chi connectivity index (χ1n) is 7.10. The lowest BCUT2D eigenvalue weighted by atomic mass is 10.0. The van der Waals surface area contributed by atoms with Crippen molar-refractivity contribution in [2.75, 3.05) is 7.05 Å². The molecule has 1 saturated carbocycles. The highest BCUT2D eigenvalue weighted by Crippen LogP contribution is 2.53. The Morgan fingerprint density at radius 3 is 2.68 bits per heavy atom. The van der Waals surface area contributed by atoms with Gasteiger partial charge in [0, 0.05) is 19.5 Å². The van der Waals surface area contributed by atoms with Crippen molar-refractivity contribution in [1.82, 2.24) is 14.9 Å². The number of para-hydroxylation sites is 2. The van der Waals surface area contributed by atoms with Crippen LogP contribution in [0.3, 0.4) is 0 Å². The number of fused-ring (bicyclic) bond motifs is 1. The summed E-state index contributed by atoms with van der Waals surface area (Å²) in [5.74, 6) is 1.96. The van der Waals surface area contributed by atoms with E-state index >= 15 is 0 Å². The van der Waals surface area contributed by atoms with Gasteiger partial charge >= 0.3 is 0 Å². The van der Waals surface area contributed by atoms with Gasteiger partial charge in [0.05, 0.1) is 11.0 Å². The summed E-state index contributed by atoms with van der Waals surface area (Å²) in [4.78, 5) is 4.78. The normalized spacial score (nSPS) is 22.6. The van der Waals surface area contributed by atoms with Crippen LogP contribution >= 0.6 is 0 Å². The first kappa shape index (κ1) is 12.7. The topological polar surface area (TPSA) is 29.9 Å². The zero-order chi connectivity index (χ0) is 13.6. The molecule has 3 heteroatoms. The Bertz CT molecular complexity index is 597. The van der Waals surface area contributed by atoms with Gasteiger partial charge in [-0.25, -0.2) is 4.98 Å². The van der Waals surface area contributed by atoms with Gasteiger partial charge in [0.15, 0.2) is 0 Å². The standard InChI is InChI=1S/C16H23N3/c1-16(2)10-11(16)13(17-3)9-15-18-12-7-5-6-8-14(12)19(15)4/h5-8,11,13,17H,9-10H2,1-4H3. The van der Waals surface area contributed by atoms with Crippen LogP contribution in [-0.4, -0.2) is 22.6 Å². The summed E-state index contributed by atoms with van der Waals surface area (Å²) >= 11 is 0. The van der Waals surface area contributed by atoms with E-state index in [1.807, 2.05) is 0 Å².